The van der Waals surface area contributed by atoms with Crippen LogP contribution in [0.1, 0.15) is 77.0 Å². The molecule has 1 aliphatic rings. The van der Waals surface area contributed by atoms with Gasteiger partial charge in [0.25, 0.3) is 0 Å². The first kappa shape index (κ1) is 12.8. The Balaban J connectivity index is 2.08. The lowest BCUT2D eigenvalue weighted by Crippen LogP contribution is -1.81. The van der Waals surface area contributed by atoms with E-state index in [4.69, 9.17) is 0 Å². The summed E-state index contributed by atoms with van der Waals surface area (Å²) in [5.74, 6) is 0. The second-order valence-electron chi connectivity index (χ2n) is 4.76. The van der Waals surface area contributed by atoms with Crippen molar-refractivity contribution < 1.29 is 0 Å². The minimum atomic E-state index is 1.19. The van der Waals surface area contributed by atoms with Crippen molar-refractivity contribution in [1.29, 1.82) is 0 Å². The Hall–Kier alpha value is -0.260. The summed E-state index contributed by atoms with van der Waals surface area (Å²) in [6, 6.07) is 0. The van der Waals surface area contributed by atoms with E-state index in [0.717, 1.165) is 0 Å². The minimum Gasteiger partial charge on any atom is -0.0885 e. The van der Waals surface area contributed by atoms with E-state index in [9.17, 15) is 0 Å². The van der Waals surface area contributed by atoms with Crippen LogP contribution < -0.4 is 0 Å². The molecule has 0 nitrogen and oxygen atoms in total. The maximum Gasteiger partial charge on any atom is -0.0319 e. The van der Waals surface area contributed by atoms with Crippen LogP contribution >= 0.6 is 0 Å². The summed E-state index contributed by atoms with van der Waals surface area (Å²) in [5, 5.41) is 0. The van der Waals surface area contributed by atoms with Crippen molar-refractivity contribution in [1.82, 2.24) is 0 Å². The van der Waals surface area contributed by atoms with Crippen LogP contribution in [0.25, 0.3) is 0 Å². The molecular formula is C15H27. The second-order valence-corrected chi connectivity index (χ2v) is 4.76. The minimum absolute atomic E-state index is 1.19. The van der Waals surface area contributed by atoms with Crippen molar-refractivity contribution in [3.05, 3.63) is 18.6 Å². The fourth-order valence-electron chi connectivity index (χ4n) is 2.22. The highest BCUT2D eigenvalue weighted by Gasteiger charge is 1.94. The molecule has 0 N–H and O–H groups in total. The van der Waals surface area contributed by atoms with Crippen molar-refractivity contribution in [3.63, 3.8) is 0 Å². The van der Waals surface area contributed by atoms with Gasteiger partial charge in [-0.05, 0) is 32.1 Å². The van der Waals surface area contributed by atoms with Gasteiger partial charge in [-0.15, -0.1) is 0 Å². The molecule has 0 amide bonds. The van der Waals surface area contributed by atoms with Gasteiger partial charge in [-0.2, -0.15) is 0 Å². The lowest BCUT2D eigenvalue weighted by Gasteiger charge is -2.01. The summed E-state index contributed by atoms with van der Waals surface area (Å²) < 4.78 is 0. The quantitative estimate of drug-likeness (QED) is 0.464. The Bertz CT molecular complexity index is 130. The largest absolute Gasteiger partial charge is 0.0885 e. The van der Waals surface area contributed by atoms with Crippen molar-refractivity contribution in [2.45, 2.75) is 77.0 Å². The lowest BCUT2D eigenvalue weighted by atomic mass is 10.1. The third kappa shape index (κ3) is 8.72. The van der Waals surface area contributed by atoms with E-state index in [-0.39, 0.29) is 0 Å². The molecule has 0 unspecified atom stereocenters. The fourth-order valence-corrected chi connectivity index (χ4v) is 2.22. The molecule has 0 heterocycles. The molecule has 15 heavy (non-hydrogen) atoms. The molecule has 1 aliphatic carbocycles. The molecule has 0 saturated heterocycles. The highest BCUT2D eigenvalue weighted by molar-refractivity contribution is 4.86. The smallest absolute Gasteiger partial charge is 0.0319 e. The Labute approximate surface area is 96.2 Å². The van der Waals surface area contributed by atoms with E-state index >= 15 is 0 Å². The molecule has 0 spiro atoms. The van der Waals surface area contributed by atoms with Gasteiger partial charge in [0.15, 0.2) is 0 Å². The van der Waals surface area contributed by atoms with Gasteiger partial charge >= 0.3 is 0 Å². The van der Waals surface area contributed by atoms with Gasteiger partial charge in [0.05, 0.1) is 0 Å². The maximum absolute atomic E-state index is 2.44. The van der Waals surface area contributed by atoms with E-state index in [2.05, 4.69) is 18.6 Å². The molecule has 87 valence electrons. The molecule has 1 rings (SSSR count). The molecular weight excluding hydrogens is 180 g/mol. The van der Waals surface area contributed by atoms with E-state index < -0.39 is 0 Å². The molecule has 0 fully saturated rings. The Kier molecular flexibility index (Phi) is 8.76. The SMILES string of the molecule is [CH]1C/C=C/CCCCCCCCCCC1. The molecule has 0 aliphatic heterocycles. The topological polar surface area (TPSA) is 0 Å². The third-order valence-electron chi connectivity index (χ3n) is 3.25. The predicted octanol–water partition coefficient (Wildman–Crippen LogP) is 5.44. The van der Waals surface area contributed by atoms with Crippen LogP contribution in [-0.4, -0.2) is 0 Å². The van der Waals surface area contributed by atoms with Crippen LogP contribution in [0.5, 0.6) is 0 Å². The van der Waals surface area contributed by atoms with E-state index in [1.54, 1.807) is 0 Å². The first-order chi connectivity index (χ1) is 7.50. The van der Waals surface area contributed by atoms with Crippen LogP contribution in [-0.2, 0) is 0 Å². The predicted molar refractivity (Wildman–Crippen MR) is 68.8 cm³/mol. The van der Waals surface area contributed by atoms with E-state index in [0.29, 0.717) is 0 Å². The van der Waals surface area contributed by atoms with Gasteiger partial charge in [0.1, 0.15) is 0 Å². The maximum atomic E-state index is 2.44. The molecule has 0 aromatic carbocycles. The van der Waals surface area contributed by atoms with Crippen molar-refractivity contribution in [3.8, 4) is 0 Å². The number of rotatable bonds is 0. The number of hydrogen-bond acceptors (Lipinski definition) is 0. The molecule has 1 radical (unpaired) electrons. The van der Waals surface area contributed by atoms with Gasteiger partial charge in [-0.1, -0.05) is 63.5 Å². The first-order valence-electron chi connectivity index (χ1n) is 6.97. The second kappa shape index (κ2) is 10.3. The third-order valence-corrected chi connectivity index (χ3v) is 3.25. The Morgan fingerprint density at radius 2 is 1.00 bits per heavy atom. The van der Waals surface area contributed by atoms with Gasteiger partial charge in [0.2, 0.25) is 0 Å². The van der Waals surface area contributed by atoms with Crippen LogP contribution in [0.15, 0.2) is 12.2 Å². The summed E-state index contributed by atoms with van der Waals surface area (Å²) in [5.41, 5.74) is 0. The van der Waals surface area contributed by atoms with Gasteiger partial charge in [-0.3, -0.25) is 0 Å². The molecule has 0 atom stereocenters. The van der Waals surface area contributed by atoms with Crippen molar-refractivity contribution in [2.24, 2.45) is 0 Å². The van der Waals surface area contributed by atoms with Crippen LogP contribution in [0.3, 0.4) is 0 Å². The zero-order valence-corrected chi connectivity index (χ0v) is 10.2. The molecule has 0 aromatic rings. The summed E-state index contributed by atoms with van der Waals surface area (Å²) in [7, 11) is 0. The summed E-state index contributed by atoms with van der Waals surface area (Å²) >= 11 is 0. The fraction of sp³-hybridized carbons (Fsp3) is 0.800. The van der Waals surface area contributed by atoms with Gasteiger partial charge < -0.3 is 0 Å². The number of allylic oxidation sites excluding steroid dienone is 2. The monoisotopic (exact) mass is 207 g/mol. The Morgan fingerprint density at radius 3 is 1.67 bits per heavy atom. The van der Waals surface area contributed by atoms with Crippen molar-refractivity contribution in [2.75, 3.05) is 0 Å². The lowest BCUT2D eigenvalue weighted by molar-refractivity contribution is 0.559. The number of hydrogen-bond donors (Lipinski definition) is 0. The Morgan fingerprint density at radius 1 is 0.467 bits per heavy atom. The first-order valence-corrected chi connectivity index (χ1v) is 6.97. The van der Waals surface area contributed by atoms with Crippen LogP contribution in [0.2, 0.25) is 0 Å². The van der Waals surface area contributed by atoms with Gasteiger partial charge in [-0.25, -0.2) is 0 Å². The van der Waals surface area contributed by atoms with E-state index in [1.807, 2.05) is 0 Å². The highest BCUT2D eigenvalue weighted by Crippen LogP contribution is 2.13. The molecule has 0 aromatic heterocycles. The summed E-state index contributed by atoms with van der Waals surface area (Å²) in [6.07, 6.45) is 24.0. The zero-order valence-electron chi connectivity index (χ0n) is 10.2. The average molecular weight is 207 g/mol. The van der Waals surface area contributed by atoms with Crippen LogP contribution in [0, 0.1) is 6.42 Å². The summed E-state index contributed by atoms with van der Waals surface area (Å²) in [6.45, 7) is 0. The standard InChI is InChI=1S/C15H27/c1-2-4-6-8-10-12-14-15-13-11-9-7-5-3-1/h1-2,5H,3-4,6-15H2/b2-1+. The van der Waals surface area contributed by atoms with Gasteiger partial charge in [0, 0.05) is 0 Å². The van der Waals surface area contributed by atoms with Crippen molar-refractivity contribution >= 4 is 0 Å². The zero-order chi connectivity index (χ0) is 10.6. The molecule has 0 saturated carbocycles. The molecule has 0 bridgehead atoms. The summed E-state index contributed by atoms with van der Waals surface area (Å²) in [4.78, 5) is 0. The highest BCUT2D eigenvalue weighted by atomic mass is 14.0. The normalized spacial score (nSPS) is 25.1. The molecule has 0 heteroatoms. The average Bonchev–Trinajstić information content (AvgIpc) is 2.27. The van der Waals surface area contributed by atoms with Crippen LogP contribution in [0.4, 0.5) is 0 Å². The van der Waals surface area contributed by atoms with E-state index in [1.165, 1.54) is 77.0 Å².